The van der Waals surface area contributed by atoms with Crippen LogP contribution in [-0.2, 0) is 4.79 Å². The zero-order chi connectivity index (χ0) is 5.86. The van der Waals surface area contributed by atoms with E-state index in [-0.39, 0.29) is 5.92 Å². The summed E-state index contributed by atoms with van der Waals surface area (Å²) >= 11 is 0. The van der Waals surface area contributed by atoms with Gasteiger partial charge in [0.25, 0.3) is 0 Å². The van der Waals surface area contributed by atoms with Gasteiger partial charge in [-0.15, -0.1) is 0 Å². The highest BCUT2D eigenvalue weighted by Gasteiger charge is 2.01. The molecule has 0 radical (unpaired) electrons. The van der Waals surface area contributed by atoms with Crippen LogP contribution >= 0.6 is 0 Å². The summed E-state index contributed by atoms with van der Waals surface area (Å²) in [5.41, 5.74) is 0. The lowest BCUT2D eigenvalue weighted by molar-refractivity contribution is -0.120. The van der Waals surface area contributed by atoms with E-state index < -0.39 is 0 Å². The van der Waals surface area contributed by atoms with Gasteiger partial charge >= 0.3 is 0 Å². The van der Waals surface area contributed by atoms with Crippen LogP contribution in [0.1, 0.15) is 27.2 Å². The lowest BCUT2D eigenvalue weighted by Gasteiger charge is -1.98. The molecule has 0 N–H and O–H groups in total. The van der Waals surface area contributed by atoms with E-state index >= 15 is 0 Å². The molecule has 0 rings (SSSR count). The van der Waals surface area contributed by atoms with Crippen molar-refractivity contribution in [3.63, 3.8) is 0 Å². The second kappa shape index (κ2) is 2.78. The number of hydrogen-bond donors (Lipinski definition) is 0. The Hall–Kier alpha value is -0.330. The molecule has 42 valence electrons. The van der Waals surface area contributed by atoms with Gasteiger partial charge in [-0.25, -0.2) is 0 Å². The molecule has 0 heterocycles. The molecule has 0 saturated carbocycles. The summed E-state index contributed by atoms with van der Waals surface area (Å²) in [4.78, 5) is 10.4. The van der Waals surface area contributed by atoms with Crippen molar-refractivity contribution in [2.24, 2.45) is 5.92 Å². The second-order valence-electron chi connectivity index (χ2n) is 1.92. The van der Waals surface area contributed by atoms with Crippen molar-refractivity contribution >= 4 is 5.78 Å². The Morgan fingerprint density at radius 2 is 2.14 bits per heavy atom. The molecule has 1 nitrogen and oxygen atoms in total. The Kier molecular flexibility index (Phi) is 2.65. The molecule has 0 spiro atoms. The predicted molar refractivity (Wildman–Crippen MR) is 30.1 cm³/mol. The molecule has 7 heavy (non-hydrogen) atoms. The van der Waals surface area contributed by atoms with Crippen LogP contribution in [0.3, 0.4) is 0 Å². The van der Waals surface area contributed by atoms with Gasteiger partial charge in [0.1, 0.15) is 5.78 Å². The summed E-state index contributed by atoms with van der Waals surface area (Å²) in [6, 6.07) is 0. The second-order valence-corrected chi connectivity index (χ2v) is 1.92. The summed E-state index contributed by atoms with van der Waals surface area (Å²) in [5, 5.41) is 0. The maximum atomic E-state index is 10.4. The molecule has 0 aliphatic carbocycles. The first-order valence-corrected chi connectivity index (χ1v) is 2.69. The molecule has 0 saturated heterocycles. The monoisotopic (exact) mass is 100 g/mol. The van der Waals surface area contributed by atoms with Crippen LogP contribution in [0.5, 0.6) is 0 Å². The number of rotatable bonds is 2. The Labute approximate surface area is 44.7 Å². The van der Waals surface area contributed by atoms with Gasteiger partial charge in [-0.05, 0) is 13.3 Å². The molecule has 0 aromatic carbocycles. The fraction of sp³-hybridized carbons (Fsp3) is 0.833. The van der Waals surface area contributed by atoms with E-state index in [1.54, 1.807) is 6.92 Å². The van der Waals surface area contributed by atoms with Crippen LogP contribution in [0.25, 0.3) is 0 Å². The van der Waals surface area contributed by atoms with Gasteiger partial charge in [0, 0.05) is 5.92 Å². The van der Waals surface area contributed by atoms with Crippen molar-refractivity contribution in [1.82, 2.24) is 0 Å². The van der Waals surface area contributed by atoms with Crippen LogP contribution in [0.2, 0.25) is 0 Å². The summed E-state index contributed by atoms with van der Waals surface area (Å²) in [5.74, 6) is 0.558. The molecule has 0 unspecified atom stereocenters. The Bertz CT molecular complexity index is 66.6. The van der Waals surface area contributed by atoms with Crippen molar-refractivity contribution in [3.05, 3.63) is 0 Å². The van der Waals surface area contributed by atoms with Gasteiger partial charge in [0.05, 0.1) is 0 Å². The Morgan fingerprint density at radius 3 is 2.14 bits per heavy atom. The molecule has 0 bridgehead atoms. The van der Waals surface area contributed by atoms with Crippen LogP contribution < -0.4 is 0 Å². The topological polar surface area (TPSA) is 17.1 Å². The summed E-state index contributed by atoms with van der Waals surface area (Å²) in [6.45, 7) is 5.60. The highest BCUT2D eigenvalue weighted by atomic mass is 16.1. The van der Waals surface area contributed by atoms with Gasteiger partial charge in [-0.2, -0.15) is 0 Å². The average molecular weight is 100 g/mol. The van der Waals surface area contributed by atoms with Crippen LogP contribution in [0.15, 0.2) is 0 Å². The molecule has 0 aliphatic rings. The van der Waals surface area contributed by atoms with E-state index in [1.807, 2.05) is 13.8 Å². The smallest absolute Gasteiger partial charge is 0.132 e. The first kappa shape index (κ1) is 6.67. The van der Waals surface area contributed by atoms with Crippen molar-refractivity contribution in [2.75, 3.05) is 0 Å². The van der Waals surface area contributed by atoms with E-state index in [0.29, 0.717) is 5.78 Å². The van der Waals surface area contributed by atoms with E-state index in [4.69, 9.17) is 0 Å². The van der Waals surface area contributed by atoms with Crippen LogP contribution in [0, 0.1) is 5.92 Å². The number of carbonyl (C=O) groups is 1. The Morgan fingerprint density at radius 1 is 1.71 bits per heavy atom. The van der Waals surface area contributed by atoms with Crippen molar-refractivity contribution in [2.45, 2.75) is 27.2 Å². The van der Waals surface area contributed by atoms with Crippen molar-refractivity contribution in [1.29, 1.82) is 0 Å². The van der Waals surface area contributed by atoms with Gasteiger partial charge in [-0.3, -0.25) is 4.79 Å². The third kappa shape index (κ3) is 2.38. The van der Waals surface area contributed by atoms with Gasteiger partial charge in [0.2, 0.25) is 0 Å². The minimum Gasteiger partial charge on any atom is -0.300 e. The minimum atomic E-state index is 0.264. The first-order valence-electron chi connectivity index (χ1n) is 2.69. The average Bonchev–Trinajstić information content (AvgIpc) is 1.65. The van der Waals surface area contributed by atoms with Crippen molar-refractivity contribution in [3.8, 4) is 0 Å². The molecular formula is C6H12O. The first-order chi connectivity index (χ1) is 3.18. The minimum absolute atomic E-state index is 0.264. The van der Waals surface area contributed by atoms with E-state index in [0.717, 1.165) is 6.42 Å². The standard InChI is InChI=1S/C6H12O/c1-4-5(2)6(3)7/h5H,4H2,1-3H3/t5-/m0/s1. The molecule has 0 amide bonds. The zero-order valence-corrected chi connectivity index (χ0v) is 5.19. The van der Waals surface area contributed by atoms with E-state index in [9.17, 15) is 4.79 Å². The summed E-state index contributed by atoms with van der Waals surface area (Å²) in [6.07, 6.45) is 0.968. The quantitative estimate of drug-likeness (QED) is 0.515. The lowest BCUT2D eigenvalue weighted by Crippen LogP contribution is -2.03. The third-order valence-corrected chi connectivity index (χ3v) is 1.31. The third-order valence-electron chi connectivity index (χ3n) is 1.31. The molecular weight excluding hydrogens is 88.1 g/mol. The number of ketones is 1. The molecule has 1 atom stereocenters. The van der Waals surface area contributed by atoms with E-state index in [1.165, 1.54) is 0 Å². The number of hydrogen-bond acceptors (Lipinski definition) is 1. The van der Waals surface area contributed by atoms with Gasteiger partial charge in [0.15, 0.2) is 0 Å². The number of Topliss-reactive ketones (excluding diaryl/α,β-unsaturated/α-hetero) is 1. The SMILES string of the molecule is CC[C@H](C)C(C)=O. The van der Waals surface area contributed by atoms with E-state index in [2.05, 4.69) is 0 Å². The fourth-order valence-electron chi connectivity index (χ4n) is 0.287. The maximum absolute atomic E-state index is 10.4. The number of carbonyl (C=O) groups excluding carboxylic acids is 1. The predicted octanol–water partition coefficient (Wildman–Crippen LogP) is 1.62. The normalized spacial score (nSPS) is 13.6. The van der Waals surface area contributed by atoms with Gasteiger partial charge < -0.3 is 0 Å². The zero-order valence-electron chi connectivity index (χ0n) is 5.19. The molecule has 0 fully saturated rings. The lowest BCUT2D eigenvalue weighted by atomic mass is 10.1. The highest BCUT2D eigenvalue weighted by molar-refractivity contribution is 5.77. The summed E-state index contributed by atoms with van der Waals surface area (Å²) in [7, 11) is 0. The molecule has 1 heteroatoms. The van der Waals surface area contributed by atoms with Crippen LogP contribution in [-0.4, -0.2) is 5.78 Å². The van der Waals surface area contributed by atoms with Crippen molar-refractivity contribution < 1.29 is 4.79 Å². The Balaban J connectivity index is 3.34. The summed E-state index contributed by atoms with van der Waals surface area (Å²) < 4.78 is 0. The molecule has 0 aromatic heterocycles. The maximum Gasteiger partial charge on any atom is 0.132 e. The van der Waals surface area contributed by atoms with Gasteiger partial charge in [-0.1, -0.05) is 13.8 Å². The fourth-order valence-corrected chi connectivity index (χ4v) is 0.287. The molecule has 0 aromatic rings. The molecule has 0 aliphatic heterocycles. The highest BCUT2D eigenvalue weighted by Crippen LogP contribution is 1.99. The largest absolute Gasteiger partial charge is 0.300 e. The van der Waals surface area contributed by atoms with Crippen LogP contribution in [0.4, 0.5) is 0 Å².